The summed E-state index contributed by atoms with van der Waals surface area (Å²) in [4.78, 5) is 12.6. The number of anilines is 1. The van der Waals surface area contributed by atoms with E-state index in [4.69, 9.17) is 5.11 Å². The molecule has 0 radical (unpaired) electrons. The Balaban J connectivity index is 2.17. The third kappa shape index (κ3) is 2.92. The van der Waals surface area contributed by atoms with Crippen molar-refractivity contribution in [1.29, 1.82) is 0 Å². The SMILES string of the molecule is CC(C)(CCO)CNc1ncnc2ncccc12. The monoisotopic (exact) mass is 246 g/mol. The number of rotatable bonds is 5. The molecule has 2 heterocycles. The summed E-state index contributed by atoms with van der Waals surface area (Å²) in [6.07, 6.45) is 3.98. The molecule has 0 spiro atoms. The van der Waals surface area contributed by atoms with Crippen LogP contribution in [0.2, 0.25) is 0 Å². The van der Waals surface area contributed by atoms with Gasteiger partial charge in [0.1, 0.15) is 12.1 Å². The lowest BCUT2D eigenvalue weighted by Gasteiger charge is -2.24. The predicted molar refractivity (Wildman–Crippen MR) is 71.3 cm³/mol. The van der Waals surface area contributed by atoms with Crippen molar-refractivity contribution in [3.05, 3.63) is 24.7 Å². The average Bonchev–Trinajstić information content (AvgIpc) is 2.36. The zero-order chi connectivity index (χ0) is 13.0. The molecule has 96 valence electrons. The maximum Gasteiger partial charge on any atom is 0.164 e. The van der Waals surface area contributed by atoms with Crippen molar-refractivity contribution in [2.45, 2.75) is 20.3 Å². The Hall–Kier alpha value is -1.75. The predicted octanol–water partition coefficient (Wildman–Crippen LogP) is 1.85. The first-order valence-corrected chi connectivity index (χ1v) is 6.03. The zero-order valence-electron chi connectivity index (χ0n) is 10.7. The topological polar surface area (TPSA) is 70.9 Å². The standard InChI is InChI=1S/C13H18N4O/c1-13(2,5-7-18)8-15-12-10-4-3-6-14-11(10)16-9-17-12/h3-4,6,9,18H,5,7-8H2,1-2H3,(H,14,15,16,17). The molecule has 18 heavy (non-hydrogen) atoms. The van der Waals surface area contributed by atoms with Crippen LogP contribution >= 0.6 is 0 Å². The van der Waals surface area contributed by atoms with Crippen molar-refractivity contribution >= 4 is 16.9 Å². The fraction of sp³-hybridized carbons (Fsp3) is 0.462. The molecule has 0 atom stereocenters. The Morgan fingerprint density at radius 2 is 2.11 bits per heavy atom. The summed E-state index contributed by atoms with van der Waals surface area (Å²) in [6, 6.07) is 3.82. The van der Waals surface area contributed by atoms with Gasteiger partial charge in [-0.05, 0) is 24.0 Å². The molecule has 0 aliphatic heterocycles. The number of aliphatic hydroxyl groups is 1. The van der Waals surface area contributed by atoms with E-state index in [1.807, 2.05) is 12.1 Å². The van der Waals surface area contributed by atoms with E-state index in [1.54, 1.807) is 6.20 Å². The minimum absolute atomic E-state index is 0.0221. The Bertz CT molecular complexity index is 522. The number of aromatic nitrogens is 3. The third-order valence-corrected chi connectivity index (χ3v) is 2.93. The van der Waals surface area contributed by atoms with Gasteiger partial charge in [-0.2, -0.15) is 0 Å². The molecule has 0 aliphatic carbocycles. The van der Waals surface area contributed by atoms with Crippen molar-refractivity contribution in [3.8, 4) is 0 Å². The molecule has 0 aromatic carbocycles. The average molecular weight is 246 g/mol. The lowest BCUT2D eigenvalue weighted by atomic mass is 9.90. The fourth-order valence-electron chi connectivity index (χ4n) is 1.75. The van der Waals surface area contributed by atoms with Crippen molar-refractivity contribution in [1.82, 2.24) is 15.0 Å². The summed E-state index contributed by atoms with van der Waals surface area (Å²) in [5.41, 5.74) is 0.712. The normalized spacial score (nSPS) is 11.7. The van der Waals surface area contributed by atoms with Gasteiger partial charge >= 0.3 is 0 Å². The van der Waals surface area contributed by atoms with E-state index >= 15 is 0 Å². The van der Waals surface area contributed by atoms with Gasteiger partial charge in [0, 0.05) is 19.3 Å². The molecule has 0 bridgehead atoms. The van der Waals surface area contributed by atoms with E-state index in [0.29, 0.717) is 5.65 Å². The smallest absolute Gasteiger partial charge is 0.164 e. The Morgan fingerprint density at radius 1 is 1.28 bits per heavy atom. The maximum atomic E-state index is 9.01. The van der Waals surface area contributed by atoms with Crippen LogP contribution in [-0.2, 0) is 0 Å². The van der Waals surface area contributed by atoms with E-state index in [2.05, 4.69) is 34.1 Å². The first kappa shape index (κ1) is 12.7. The van der Waals surface area contributed by atoms with Crippen LogP contribution in [0, 0.1) is 5.41 Å². The van der Waals surface area contributed by atoms with Gasteiger partial charge in [0.05, 0.1) is 5.39 Å². The number of pyridine rings is 1. The minimum atomic E-state index is 0.0221. The van der Waals surface area contributed by atoms with Gasteiger partial charge < -0.3 is 10.4 Å². The highest BCUT2D eigenvalue weighted by Crippen LogP contribution is 2.22. The van der Waals surface area contributed by atoms with Crippen LogP contribution in [-0.4, -0.2) is 33.2 Å². The van der Waals surface area contributed by atoms with Gasteiger partial charge in [-0.1, -0.05) is 13.8 Å². The van der Waals surface area contributed by atoms with Crippen LogP contribution in [0.3, 0.4) is 0 Å². The fourth-order valence-corrected chi connectivity index (χ4v) is 1.75. The molecular formula is C13H18N4O. The van der Waals surface area contributed by atoms with Gasteiger partial charge in [-0.25, -0.2) is 15.0 Å². The molecule has 0 saturated heterocycles. The molecule has 0 amide bonds. The van der Waals surface area contributed by atoms with Gasteiger partial charge in [0.2, 0.25) is 0 Å². The van der Waals surface area contributed by atoms with Crippen molar-refractivity contribution < 1.29 is 5.11 Å². The molecule has 2 aromatic heterocycles. The molecule has 5 heteroatoms. The lowest BCUT2D eigenvalue weighted by molar-refractivity contribution is 0.220. The van der Waals surface area contributed by atoms with E-state index in [1.165, 1.54) is 6.33 Å². The quantitative estimate of drug-likeness (QED) is 0.842. The Labute approximate surface area is 106 Å². The molecular weight excluding hydrogens is 228 g/mol. The number of nitrogens with zero attached hydrogens (tertiary/aromatic N) is 3. The van der Waals surface area contributed by atoms with E-state index in [0.717, 1.165) is 24.2 Å². The van der Waals surface area contributed by atoms with Crippen LogP contribution in [0.1, 0.15) is 20.3 Å². The van der Waals surface area contributed by atoms with Crippen LogP contribution in [0.5, 0.6) is 0 Å². The first-order chi connectivity index (χ1) is 8.62. The molecule has 0 fully saturated rings. The largest absolute Gasteiger partial charge is 0.396 e. The third-order valence-electron chi connectivity index (χ3n) is 2.93. The highest BCUT2D eigenvalue weighted by molar-refractivity contribution is 5.85. The molecule has 0 unspecified atom stereocenters. The van der Waals surface area contributed by atoms with Crippen molar-refractivity contribution in [3.63, 3.8) is 0 Å². The van der Waals surface area contributed by atoms with E-state index in [-0.39, 0.29) is 12.0 Å². The van der Waals surface area contributed by atoms with Gasteiger partial charge in [-0.15, -0.1) is 0 Å². The second-order valence-electron chi connectivity index (χ2n) is 5.09. The number of fused-ring (bicyclic) bond motifs is 1. The number of hydrogen-bond acceptors (Lipinski definition) is 5. The lowest BCUT2D eigenvalue weighted by Crippen LogP contribution is -2.24. The zero-order valence-corrected chi connectivity index (χ0v) is 10.7. The van der Waals surface area contributed by atoms with Crippen LogP contribution in [0.4, 0.5) is 5.82 Å². The molecule has 2 rings (SSSR count). The molecule has 0 saturated carbocycles. The molecule has 5 nitrogen and oxygen atoms in total. The Kier molecular flexibility index (Phi) is 3.72. The highest BCUT2D eigenvalue weighted by Gasteiger charge is 2.17. The Morgan fingerprint density at radius 3 is 2.89 bits per heavy atom. The first-order valence-electron chi connectivity index (χ1n) is 6.03. The number of aliphatic hydroxyl groups excluding tert-OH is 1. The van der Waals surface area contributed by atoms with E-state index in [9.17, 15) is 0 Å². The van der Waals surface area contributed by atoms with Crippen molar-refractivity contribution in [2.75, 3.05) is 18.5 Å². The number of nitrogens with one attached hydrogen (secondary N) is 1. The maximum absolute atomic E-state index is 9.01. The van der Waals surface area contributed by atoms with Crippen LogP contribution < -0.4 is 5.32 Å². The summed E-state index contributed by atoms with van der Waals surface area (Å²) in [7, 11) is 0. The van der Waals surface area contributed by atoms with Gasteiger partial charge in [-0.3, -0.25) is 0 Å². The molecule has 2 aromatic rings. The van der Waals surface area contributed by atoms with E-state index < -0.39 is 0 Å². The van der Waals surface area contributed by atoms with Gasteiger partial charge in [0.25, 0.3) is 0 Å². The molecule has 0 aliphatic rings. The number of hydrogen-bond donors (Lipinski definition) is 2. The highest BCUT2D eigenvalue weighted by atomic mass is 16.3. The van der Waals surface area contributed by atoms with Crippen molar-refractivity contribution in [2.24, 2.45) is 5.41 Å². The second-order valence-corrected chi connectivity index (χ2v) is 5.09. The minimum Gasteiger partial charge on any atom is -0.396 e. The summed E-state index contributed by atoms with van der Waals surface area (Å²) in [5.74, 6) is 0.791. The van der Waals surface area contributed by atoms with Gasteiger partial charge in [0.15, 0.2) is 5.65 Å². The summed E-state index contributed by atoms with van der Waals surface area (Å²) >= 11 is 0. The van der Waals surface area contributed by atoms with Crippen LogP contribution in [0.15, 0.2) is 24.7 Å². The summed E-state index contributed by atoms with van der Waals surface area (Å²) in [5, 5.41) is 13.2. The molecule has 2 N–H and O–H groups in total. The summed E-state index contributed by atoms with van der Waals surface area (Å²) in [6.45, 7) is 5.16. The van der Waals surface area contributed by atoms with Crippen LogP contribution in [0.25, 0.3) is 11.0 Å². The summed E-state index contributed by atoms with van der Waals surface area (Å²) < 4.78 is 0. The second kappa shape index (κ2) is 5.27.